The number of halogens is 3. The Bertz CT molecular complexity index is 1860. The number of hydrogen-bond donors (Lipinski definition) is 2. The van der Waals surface area contributed by atoms with Gasteiger partial charge in [-0.3, -0.25) is 24.0 Å². The third-order valence-electron chi connectivity index (χ3n) is 12.6. The zero-order valence-corrected chi connectivity index (χ0v) is 37.5. The molecular formula is C46H64F3N3O12. The Morgan fingerprint density at radius 3 is 2.39 bits per heavy atom. The number of amides is 2. The van der Waals surface area contributed by atoms with Gasteiger partial charge in [0.15, 0.2) is 18.4 Å². The highest BCUT2D eigenvalue weighted by Crippen LogP contribution is 2.59. The van der Waals surface area contributed by atoms with E-state index in [1.807, 2.05) is 0 Å². The number of hydrogen-bond acceptors (Lipinski definition) is 13. The van der Waals surface area contributed by atoms with E-state index < -0.39 is 108 Å². The van der Waals surface area contributed by atoms with Crippen LogP contribution in [-0.4, -0.2) is 125 Å². The number of esters is 3. The van der Waals surface area contributed by atoms with E-state index in [0.29, 0.717) is 36.8 Å². The van der Waals surface area contributed by atoms with Crippen LogP contribution in [0.15, 0.2) is 30.3 Å². The first-order valence-electron chi connectivity index (χ1n) is 22.8. The van der Waals surface area contributed by atoms with Gasteiger partial charge in [0.1, 0.15) is 41.5 Å². The Morgan fingerprint density at radius 1 is 1.03 bits per heavy atom. The van der Waals surface area contributed by atoms with Crippen LogP contribution in [0, 0.1) is 5.41 Å². The molecule has 1 saturated carbocycles. The third kappa shape index (κ3) is 11.5. The van der Waals surface area contributed by atoms with Gasteiger partial charge in [-0.05, 0) is 70.1 Å². The van der Waals surface area contributed by atoms with E-state index in [2.05, 4.69) is 23.9 Å². The second-order valence-corrected chi connectivity index (χ2v) is 18.7. The highest BCUT2D eigenvalue weighted by atomic mass is 19.4. The van der Waals surface area contributed by atoms with Gasteiger partial charge in [0.2, 0.25) is 11.8 Å². The minimum Gasteiger partial charge on any atom is -0.460 e. The zero-order chi connectivity index (χ0) is 46.5. The molecule has 1 aromatic rings. The molecule has 6 rings (SSSR count). The highest BCUT2D eigenvalue weighted by Gasteiger charge is 2.77. The van der Waals surface area contributed by atoms with Gasteiger partial charge in [0.05, 0.1) is 19.2 Å². The van der Waals surface area contributed by atoms with Gasteiger partial charge in [0.25, 0.3) is 0 Å². The first-order chi connectivity index (χ1) is 30.3. The number of nitrogens with zero attached hydrogens (tertiary/aromatic N) is 2. The van der Waals surface area contributed by atoms with Crippen LogP contribution in [0.1, 0.15) is 129 Å². The minimum absolute atomic E-state index is 0.0384. The average molecular weight is 908 g/mol. The number of nitrogens with one attached hydrogen (secondary N) is 1. The molecule has 4 aliphatic heterocycles. The van der Waals surface area contributed by atoms with Crippen LogP contribution in [0.5, 0.6) is 0 Å². The Balaban J connectivity index is 1.30. The fourth-order valence-electron chi connectivity index (χ4n) is 9.76. The van der Waals surface area contributed by atoms with E-state index in [1.165, 1.54) is 16.0 Å². The van der Waals surface area contributed by atoms with Crippen molar-refractivity contribution in [1.29, 1.82) is 0 Å². The number of rotatable bonds is 20. The molecule has 4 saturated heterocycles. The summed E-state index contributed by atoms with van der Waals surface area (Å²) in [4.78, 5) is 76.8. The highest BCUT2D eigenvalue weighted by molar-refractivity contribution is 5.96. The van der Waals surface area contributed by atoms with Crippen LogP contribution in [0.4, 0.5) is 13.2 Å². The number of benzene rings is 1. The SMILES string of the molecule is CCCCCC1(CCCCC)O[C@@H]2[C@H]3ON(Cc4cccc(C=CC(=O)OCC(F)(F)F)c4)[C@H]4C(=O)OC(CC34C(=O)N3CCC[C@@H]3C(=O)N[C@H](CO)CCC(=O)OC(C)(C)C)[C@@H]2O1. The van der Waals surface area contributed by atoms with Crippen LogP contribution in [-0.2, 0) is 59.0 Å². The molecule has 356 valence electrons. The fraction of sp³-hybridized carbons (Fsp3) is 0.717. The molecule has 0 aromatic heterocycles. The van der Waals surface area contributed by atoms with Crippen molar-refractivity contribution in [3.05, 3.63) is 41.5 Å². The molecule has 18 heteroatoms. The van der Waals surface area contributed by atoms with E-state index in [4.69, 9.17) is 23.8 Å². The minimum atomic E-state index is -4.67. The molecule has 0 radical (unpaired) electrons. The normalized spacial score (nSPS) is 27.9. The summed E-state index contributed by atoms with van der Waals surface area (Å²) < 4.78 is 67.5. The standard InChI is InChI=1S/C46H64F3N3O12/c1-6-8-10-21-44(22-11-9-7-2)62-36-33-25-45(42(58)51-23-13-16-32(51)40(56)50-31(27-53)18-20-35(55)61-43(3,4)5)38(41(57)60-33)52(64-39(45)37(36)63-44)26-30-15-12-14-29(24-30)17-19-34(54)59-28-46(47,48)49/h12,14-15,17,19,24,31-33,36-39,53H,6-11,13,16,18,20-23,25-28H2,1-5H3,(H,50,56)/t31-,32+,33?,36-,37-,38-,39+,45?/m0/s1. The molecular weight excluding hydrogens is 844 g/mol. The molecule has 1 aliphatic carbocycles. The van der Waals surface area contributed by atoms with Gasteiger partial charge in [-0.25, -0.2) is 4.79 Å². The fourth-order valence-corrected chi connectivity index (χ4v) is 9.76. The molecule has 8 atom stereocenters. The third-order valence-corrected chi connectivity index (χ3v) is 12.6. The van der Waals surface area contributed by atoms with Crippen LogP contribution in [0.2, 0.25) is 0 Å². The number of likely N-dealkylation sites (tertiary alicyclic amines) is 1. The molecule has 64 heavy (non-hydrogen) atoms. The van der Waals surface area contributed by atoms with E-state index >= 15 is 4.79 Å². The van der Waals surface area contributed by atoms with Crippen molar-refractivity contribution >= 4 is 35.8 Å². The van der Waals surface area contributed by atoms with E-state index in [-0.39, 0.29) is 32.4 Å². The number of ether oxygens (including phenoxy) is 5. The van der Waals surface area contributed by atoms with E-state index in [0.717, 1.165) is 44.6 Å². The summed E-state index contributed by atoms with van der Waals surface area (Å²) in [6.07, 6.45) is 1.68. The summed E-state index contributed by atoms with van der Waals surface area (Å²) in [5.74, 6) is -4.32. The Kier molecular flexibility index (Phi) is 15.9. The molecule has 4 heterocycles. The van der Waals surface area contributed by atoms with Crippen molar-refractivity contribution in [2.24, 2.45) is 5.41 Å². The van der Waals surface area contributed by atoms with Gasteiger partial charge in [-0.15, -0.1) is 0 Å². The van der Waals surface area contributed by atoms with E-state index in [1.54, 1.807) is 45.0 Å². The summed E-state index contributed by atoms with van der Waals surface area (Å²) in [6.45, 7) is 7.45. The van der Waals surface area contributed by atoms with Crippen LogP contribution in [0.3, 0.4) is 0 Å². The van der Waals surface area contributed by atoms with Crippen LogP contribution >= 0.6 is 0 Å². The maximum Gasteiger partial charge on any atom is 0.422 e. The lowest BCUT2D eigenvalue weighted by molar-refractivity contribution is -0.225. The predicted octanol–water partition coefficient (Wildman–Crippen LogP) is 5.84. The molecule has 5 aliphatic rings. The quantitative estimate of drug-likeness (QED) is 0.0691. The lowest BCUT2D eigenvalue weighted by Crippen LogP contribution is -2.70. The molecule has 1 aromatic carbocycles. The molecule has 2 unspecified atom stereocenters. The monoisotopic (exact) mass is 907 g/mol. The number of carbonyl (C=O) groups excluding carboxylic acids is 5. The lowest BCUT2D eigenvalue weighted by Gasteiger charge is -2.50. The van der Waals surface area contributed by atoms with Gasteiger partial charge in [-0.1, -0.05) is 63.8 Å². The van der Waals surface area contributed by atoms with Gasteiger partial charge in [0, 0.05) is 38.3 Å². The average Bonchev–Trinajstić information content (AvgIpc) is 3.96. The summed E-state index contributed by atoms with van der Waals surface area (Å²) in [5.41, 5.74) is -1.25. The second kappa shape index (κ2) is 20.6. The molecule has 2 bridgehead atoms. The number of fused-ring (bicyclic) bond motifs is 4. The number of hydroxylamine groups is 2. The van der Waals surface area contributed by atoms with Crippen molar-refractivity contribution in [2.75, 3.05) is 19.8 Å². The summed E-state index contributed by atoms with van der Waals surface area (Å²) in [7, 11) is 0. The molecule has 0 spiro atoms. The number of aliphatic hydroxyl groups is 1. The number of unbranched alkanes of at least 4 members (excludes halogenated alkanes) is 4. The summed E-state index contributed by atoms with van der Waals surface area (Å²) >= 11 is 0. The maximum absolute atomic E-state index is 15.5. The lowest BCUT2D eigenvalue weighted by atomic mass is 9.62. The maximum atomic E-state index is 15.5. The predicted molar refractivity (Wildman–Crippen MR) is 223 cm³/mol. The Morgan fingerprint density at radius 2 is 1.73 bits per heavy atom. The summed E-state index contributed by atoms with van der Waals surface area (Å²) in [5, 5.41) is 14.4. The number of alkyl halides is 3. The van der Waals surface area contributed by atoms with E-state index in [9.17, 15) is 37.5 Å². The number of aliphatic hydroxyl groups excluding tert-OH is 1. The van der Waals surface area contributed by atoms with Gasteiger partial charge >= 0.3 is 24.1 Å². The second-order valence-electron chi connectivity index (χ2n) is 18.7. The van der Waals surface area contributed by atoms with Crippen molar-refractivity contribution in [3.8, 4) is 0 Å². The smallest absolute Gasteiger partial charge is 0.422 e. The topological polar surface area (TPSA) is 179 Å². The Hall–Kier alpha value is -4.10. The van der Waals surface area contributed by atoms with Crippen LogP contribution in [0.25, 0.3) is 6.08 Å². The van der Waals surface area contributed by atoms with Gasteiger partial charge < -0.3 is 39.0 Å². The Labute approximate surface area is 372 Å². The largest absolute Gasteiger partial charge is 0.460 e. The summed E-state index contributed by atoms with van der Waals surface area (Å²) in [6, 6.07) is 3.69. The first-order valence-corrected chi connectivity index (χ1v) is 22.8. The zero-order valence-electron chi connectivity index (χ0n) is 37.5. The van der Waals surface area contributed by atoms with Crippen molar-refractivity contribution < 1.29 is 70.8 Å². The molecule has 5 fully saturated rings. The van der Waals surface area contributed by atoms with Crippen molar-refractivity contribution in [3.63, 3.8) is 0 Å². The van der Waals surface area contributed by atoms with Gasteiger partial charge in [-0.2, -0.15) is 18.2 Å². The number of carbonyl (C=O) groups is 5. The molecule has 15 nitrogen and oxygen atoms in total. The molecule has 2 amide bonds. The first kappa shape index (κ1) is 49.3. The molecule has 2 N–H and O–H groups in total. The van der Waals surface area contributed by atoms with Crippen LogP contribution < -0.4 is 5.32 Å². The van der Waals surface area contributed by atoms with Crippen molar-refractivity contribution in [1.82, 2.24) is 15.3 Å². The van der Waals surface area contributed by atoms with Crippen molar-refractivity contribution in [2.45, 2.75) is 185 Å².